The van der Waals surface area contributed by atoms with Crippen LogP contribution in [0.15, 0.2) is 35.5 Å². The van der Waals surface area contributed by atoms with Crippen molar-refractivity contribution in [2.75, 3.05) is 13.7 Å². The van der Waals surface area contributed by atoms with Gasteiger partial charge in [-0.1, -0.05) is 12.1 Å². The zero-order valence-corrected chi connectivity index (χ0v) is 13.0. The minimum atomic E-state index is -0.931. The van der Waals surface area contributed by atoms with E-state index in [9.17, 15) is 19.7 Å². The molecule has 0 radical (unpaired) electrons. The van der Waals surface area contributed by atoms with Crippen LogP contribution in [-0.4, -0.2) is 35.5 Å². The van der Waals surface area contributed by atoms with Crippen molar-refractivity contribution in [3.05, 3.63) is 51.2 Å². The van der Waals surface area contributed by atoms with E-state index in [1.165, 1.54) is 30.1 Å². The lowest BCUT2D eigenvalue weighted by Gasteiger charge is -2.32. The first-order valence-electron chi connectivity index (χ1n) is 7.03. The van der Waals surface area contributed by atoms with Crippen LogP contribution in [0.4, 0.5) is 10.5 Å². The molecule has 1 aliphatic rings. The number of nitro groups is 1. The van der Waals surface area contributed by atoms with Crippen LogP contribution in [0.3, 0.4) is 0 Å². The molecule has 0 saturated heterocycles. The zero-order chi connectivity index (χ0) is 17.1. The van der Waals surface area contributed by atoms with E-state index in [0.29, 0.717) is 5.70 Å². The summed E-state index contributed by atoms with van der Waals surface area (Å²) in [4.78, 5) is 36.3. The van der Waals surface area contributed by atoms with Crippen molar-refractivity contribution in [1.82, 2.24) is 10.2 Å². The monoisotopic (exact) mass is 319 g/mol. The number of hydrogen-bond acceptors (Lipinski definition) is 5. The molecule has 1 atom stereocenters. The molecule has 0 unspecified atom stereocenters. The molecule has 0 fully saturated rings. The Morgan fingerprint density at radius 3 is 2.70 bits per heavy atom. The maximum absolute atomic E-state index is 12.3. The van der Waals surface area contributed by atoms with Gasteiger partial charge in [-0.15, -0.1) is 0 Å². The molecule has 8 nitrogen and oxygen atoms in total. The normalized spacial score (nSPS) is 17.8. The molecule has 2 rings (SSSR count). The highest BCUT2D eigenvalue weighted by Crippen LogP contribution is 2.35. The Morgan fingerprint density at radius 1 is 1.43 bits per heavy atom. The van der Waals surface area contributed by atoms with Gasteiger partial charge < -0.3 is 15.0 Å². The van der Waals surface area contributed by atoms with Gasteiger partial charge in [0.2, 0.25) is 0 Å². The number of nitrogens with zero attached hydrogens (tertiary/aromatic N) is 2. The van der Waals surface area contributed by atoms with Crippen molar-refractivity contribution < 1.29 is 19.2 Å². The smallest absolute Gasteiger partial charge is 0.338 e. The van der Waals surface area contributed by atoms with E-state index in [2.05, 4.69) is 5.32 Å². The molecule has 0 bridgehead atoms. The number of carbonyl (C=O) groups is 2. The van der Waals surface area contributed by atoms with Crippen LogP contribution < -0.4 is 5.32 Å². The first-order chi connectivity index (χ1) is 10.9. The Kier molecular flexibility index (Phi) is 4.63. The highest BCUT2D eigenvalue weighted by molar-refractivity contribution is 5.95. The quantitative estimate of drug-likeness (QED) is 0.520. The summed E-state index contributed by atoms with van der Waals surface area (Å²) in [5.74, 6) is -0.611. The lowest BCUT2D eigenvalue weighted by atomic mass is 9.94. The van der Waals surface area contributed by atoms with E-state index in [4.69, 9.17) is 4.74 Å². The molecule has 8 heteroatoms. The van der Waals surface area contributed by atoms with Crippen LogP contribution in [0.1, 0.15) is 25.5 Å². The number of esters is 1. The van der Waals surface area contributed by atoms with Crippen molar-refractivity contribution >= 4 is 17.7 Å². The minimum Gasteiger partial charge on any atom is -0.463 e. The third-order valence-electron chi connectivity index (χ3n) is 3.69. The second kappa shape index (κ2) is 6.47. The summed E-state index contributed by atoms with van der Waals surface area (Å²) in [5, 5.41) is 13.9. The first kappa shape index (κ1) is 16.5. The van der Waals surface area contributed by atoms with Gasteiger partial charge in [0.25, 0.3) is 5.69 Å². The summed E-state index contributed by atoms with van der Waals surface area (Å²) >= 11 is 0. The molecule has 1 aromatic carbocycles. The van der Waals surface area contributed by atoms with Crippen LogP contribution >= 0.6 is 0 Å². The number of urea groups is 1. The fourth-order valence-electron chi connectivity index (χ4n) is 2.44. The topological polar surface area (TPSA) is 102 Å². The molecule has 0 aliphatic carbocycles. The molecular formula is C15H17N3O5. The Labute approximate surface area is 132 Å². The Morgan fingerprint density at radius 2 is 2.09 bits per heavy atom. The predicted octanol–water partition coefficient (Wildman–Crippen LogP) is 2.13. The summed E-state index contributed by atoms with van der Waals surface area (Å²) in [6.07, 6.45) is 0. The Hall–Kier alpha value is -2.90. The number of hydrogen-bond donors (Lipinski definition) is 1. The average Bonchev–Trinajstić information content (AvgIpc) is 2.52. The number of benzene rings is 1. The van der Waals surface area contributed by atoms with Crippen LogP contribution in [0.25, 0.3) is 0 Å². The van der Waals surface area contributed by atoms with Gasteiger partial charge in [0.1, 0.15) is 0 Å². The molecule has 1 heterocycles. The van der Waals surface area contributed by atoms with E-state index in [-0.39, 0.29) is 23.4 Å². The minimum absolute atomic E-state index is 0.164. The number of rotatable bonds is 4. The average molecular weight is 319 g/mol. The largest absolute Gasteiger partial charge is 0.463 e. The van der Waals surface area contributed by atoms with Gasteiger partial charge in [0.15, 0.2) is 0 Å². The van der Waals surface area contributed by atoms with Gasteiger partial charge in [-0.05, 0) is 19.9 Å². The van der Waals surface area contributed by atoms with Gasteiger partial charge in [-0.2, -0.15) is 0 Å². The lowest BCUT2D eigenvalue weighted by Crippen LogP contribution is -2.46. The molecule has 1 aliphatic heterocycles. The summed E-state index contributed by atoms with van der Waals surface area (Å²) in [6, 6.07) is 4.61. The van der Waals surface area contributed by atoms with E-state index >= 15 is 0 Å². The van der Waals surface area contributed by atoms with E-state index in [1.807, 2.05) is 0 Å². The maximum Gasteiger partial charge on any atom is 0.338 e. The molecule has 122 valence electrons. The molecule has 0 saturated carbocycles. The third kappa shape index (κ3) is 3.01. The number of carbonyl (C=O) groups excluding carboxylic acids is 2. The SMILES string of the molecule is CCOC(=O)C1=C(C)N(C)C(=O)N[C@H]1c1ccccc1[N+](=O)[O-]. The summed E-state index contributed by atoms with van der Waals surface area (Å²) < 4.78 is 5.04. The van der Waals surface area contributed by atoms with Crippen molar-refractivity contribution in [2.45, 2.75) is 19.9 Å². The fourth-order valence-corrected chi connectivity index (χ4v) is 2.44. The number of para-hydroxylation sites is 1. The van der Waals surface area contributed by atoms with Crippen LogP contribution in [0, 0.1) is 10.1 Å². The van der Waals surface area contributed by atoms with Crippen molar-refractivity contribution in [2.24, 2.45) is 0 Å². The van der Waals surface area contributed by atoms with Gasteiger partial charge >= 0.3 is 12.0 Å². The Balaban J connectivity index is 2.61. The van der Waals surface area contributed by atoms with Crippen molar-refractivity contribution in [1.29, 1.82) is 0 Å². The zero-order valence-electron chi connectivity index (χ0n) is 13.0. The van der Waals surface area contributed by atoms with Crippen LogP contribution in [-0.2, 0) is 9.53 Å². The van der Waals surface area contributed by atoms with Crippen LogP contribution in [0.5, 0.6) is 0 Å². The van der Waals surface area contributed by atoms with Crippen LogP contribution in [0.2, 0.25) is 0 Å². The fraction of sp³-hybridized carbons (Fsp3) is 0.333. The Bertz CT molecular complexity index is 698. The molecule has 1 N–H and O–H groups in total. The second-order valence-electron chi connectivity index (χ2n) is 4.98. The van der Waals surface area contributed by atoms with Crippen molar-refractivity contribution in [3.8, 4) is 0 Å². The molecule has 23 heavy (non-hydrogen) atoms. The van der Waals surface area contributed by atoms with Gasteiger partial charge in [-0.3, -0.25) is 10.1 Å². The molecular weight excluding hydrogens is 302 g/mol. The standard InChI is InChI=1S/C15H17N3O5/c1-4-23-14(19)12-9(2)17(3)15(20)16-13(12)10-7-5-6-8-11(10)18(21)22/h5-8,13H,4H2,1-3H3,(H,16,20)/t13-/m0/s1. The number of amides is 2. The number of nitrogens with one attached hydrogen (secondary N) is 1. The van der Waals surface area contributed by atoms with Gasteiger partial charge in [-0.25, -0.2) is 9.59 Å². The summed E-state index contributed by atoms with van der Waals surface area (Å²) in [6.45, 7) is 3.43. The van der Waals surface area contributed by atoms with Gasteiger partial charge in [0, 0.05) is 18.8 Å². The number of nitro benzene ring substituents is 1. The van der Waals surface area contributed by atoms with E-state index in [0.717, 1.165) is 0 Å². The maximum atomic E-state index is 12.3. The van der Waals surface area contributed by atoms with Gasteiger partial charge in [0.05, 0.1) is 28.7 Å². The van der Waals surface area contributed by atoms with Crippen molar-refractivity contribution in [3.63, 3.8) is 0 Å². The summed E-state index contributed by atoms with van der Waals surface area (Å²) in [7, 11) is 1.51. The first-order valence-corrected chi connectivity index (χ1v) is 7.03. The van der Waals surface area contributed by atoms with E-state index in [1.54, 1.807) is 19.9 Å². The molecule has 2 amide bonds. The molecule has 0 aromatic heterocycles. The summed E-state index contributed by atoms with van der Waals surface area (Å²) in [5.41, 5.74) is 0.650. The van der Waals surface area contributed by atoms with E-state index < -0.39 is 23.0 Å². The number of ether oxygens (including phenoxy) is 1. The highest BCUT2D eigenvalue weighted by atomic mass is 16.6. The molecule has 1 aromatic rings. The lowest BCUT2D eigenvalue weighted by molar-refractivity contribution is -0.385. The predicted molar refractivity (Wildman–Crippen MR) is 81.5 cm³/mol. The third-order valence-corrected chi connectivity index (χ3v) is 3.69. The second-order valence-corrected chi connectivity index (χ2v) is 4.98. The highest BCUT2D eigenvalue weighted by Gasteiger charge is 2.37. The molecule has 0 spiro atoms. The number of allylic oxidation sites excluding steroid dienone is 1.